The van der Waals surface area contributed by atoms with E-state index in [0.29, 0.717) is 12.0 Å². The Morgan fingerprint density at radius 1 is 1.29 bits per heavy atom. The molecule has 1 N–H and O–H groups in total. The van der Waals surface area contributed by atoms with E-state index in [1.807, 2.05) is 6.92 Å². The SMILES string of the molecule is CCCCCCN(C(=O)N1CC(=O)N(C)C(c2cc[nH]c2)C1=O)C1=C(F)CC=CC1F. The minimum atomic E-state index is -1.79. The van der Waals surface area contributed by atoms with Gasteiger partial charge in [0.2, 0.25) is 5.91 Å². The lowest BCUT2D eigenvalue weighted by Crippen LogP contribution is -2.59. The number of aromatic nitrogens is 1. The molecule has 1 aromatic heterocycles. The van der Waals surface area contributed by atoms with Gasteiger partial charge in [-0.3, -0.25) is 19.4 Å². The second kappa shape index (κ2) is 9.89. The van der Waals surface area contributed by atoms with Crippen LogP contribution in [0.3, 0.4) is 0 Å². The van der Waals surface area contributed by atoms with Crippen molar-refractivity contribution in [3.05, 3.63) is 47.7 Å². The number of allylic oxidation sites excluding steroid dienone is 3. The van der Waals surface area contributed by atoms with E-state index in [2.05, 4.69) is 4.98 Å². The number of H-pyrrole nitrogens is 1. The molecule has 168 valence electrons. The van der Waals surface area contributed by atoms with Crippen molar-refractivity contribution >= 4 is 17.8 Å². The molecule has 31 heavy (non-hydrogen) atoms. The van der Waals surface area contributed by atoms with Crippen molar-refractivity contribution in [3.63, 3.8) is 0 Å². The van der Waals surface area contributed by atoms with Crippen LogP contribution in [0.4, 0.5) is 13.6 Å². The molecule has 0 aromatic carbocycles. The van der Waals surface area contributed by atoms with Crippen LogP contribution in [0.1, 0.15) is 50.6 Å². The number of imide groups is 1. The van der Waals surface area contributed by atoms with Gasteiger partial charge in [0, 0.05) is 38.0 Å². The van der Waals surface area contributed by atoms with Crippen molar-refractivity contribution in [2.24, 2.45) is 0 Å². The van der Waals surface area contributed by atoms with Gasteiger partial charge < -0.3 is 9.88 Å². The lowest BCUT2D eigenvalue weighted by molar-refractivity contribution is -0.152. The van der Waals surface area contributed by atoms with Crippen LogP contribution in [0.25, 0.3) is 0 Å². The van der Waals surface area contributed by atoms with Crippen LogP contribution in [0, 0.1) is 0 Å². The molecule has 0 radical (unpaired) electrons. The Kier molecular flexibility index (Phi) is 7.25. The predicted octanol–water partition coefficient (Wildman–Crippen LogP) is 3.84. The van der Waals surface area contributed by atoms with Crippen molar-refractivity contribution in [1.29, 1.82) is 0 Å². The quantitative estimate of drug-likeness (QED) is 0.523. The molecule has 0 spiro atoms. The number of hydrogen-bond acceptors (Lipinski definition) is 3. The first-order valence-electron chi connectivity index (χ1n) is 10.6. The first-order valence-corrected chi connectivity index (χ1v) is 10.6. The van der Waals surface area contributed by atoms with Gasteiger partial charge in [0.1, 0.15) is 18.4 Å². The summed E-state index contributed by atoms with van der Waals surface area (Å²) in [6.45, 7) is 1.63. The molecule has 1 aromatic rings. The number of carbonyl (C=O) groups is 3. The molecule has 4 amide bonds. The van der Waals surface area contributed by atoms with Crippen LogP contribution < -0.4 is 0 Å². The summed E-state index contributed by atoms with van der Waals surface area (Å²) in [5.74, 6) is -1.78. The van der Waals surface area contributed by atoms with E-state index in [1.165, 1.54) is 24.1 Å². The second-order valence-electron chi connectivity index (χ2n) is 7.79. The van der Waals surface area contributed by atoms with Gasteiger partial charge in [-0.2, -0.15) is 0 Å². The van der Waals surface area contributed by atoms with Gasteiger partial charge in [-0.15, -0.1) is 0 Å². The normalized spacial score (nSPS) is 21.8. The number of piperazine rings is 1. The number of carbonyl (C=O) groups excluding carboxylic acids is 3. The molecule has 2 unspecified atom stereocenters. The summed E-state index contributed by atoms with van der Waals surface area (Å²) >= 11 is 0. The summed E-state index contributed by atoms with van der Waals surface area (Å²) in [6.07, 6.45) is 7.05. The van der Waals surface area contributed by atoms with Gasteiger partial charge in [-0.25, -0.2) is 13.6 Å². The van der Waals surface area contributed by atoms with E-state index in [9.17, 15) is 23.2 Å². The molecule has 2 aliphatic rings. The monoisotopic (exact) mass is 434 g/mol. The number of amides is 4. The maximum atomic E-state index is 14.6. The number of hydrogen-bond donors (Lipinski definition) is 1. The Morgan fingerprint density at radius 2 is 2.06 bits per heavy atom. The topological polar surface area (TPSA) is 76.7 Å². The fourth-order valence-electron chi connectivity index (χ4n) is 3.91. The summed E-state index contributed by atoms with van der Waals surface area (Å²) in [7, 11) is 1.49. The largest absolute Gasteiger partial charge is 0.367 e. The highest BCUT2D eigenvalue weighted by Crippen LogP contribution is 2.31. The molecule has 7 nitrogen and oxygen atoms in total. The van der Waals surface area contributed by atoms with Gasteiger partial charge in [0.05, 0.1) is 5.70 Å². The van der Waals surface area contributed by atoms with Crippen LogP contribution >= 0.6 is 0 Å². The first-order chi connectivity index (χ1) is 14.9. The zero-order valence-electron chi connectivity index (χ0n) is 17.8. The van der Waals surface area contributed by atoms with Gasteiger partial charge in [0.25, 0.3) is 5.91 Å². The molecule has 0 bridgehead atoms. The van der Waals surface area contributed by atoms with E-state index in [-0.39, 0.29) is 18.7 Å². The Balaban J connectivity index is 1.90. The van der Waals surface area contributed by atoms with E-state index in [1.54, 1.807) is 18.5 Å². The first kappa shape index (κ1) is 22.7. The van der Waals surface area contributed by atoms with Crippen molar-refractivity contribution in [1.82, 2.24) is 19.7 Å². The Morgan fingerprint density at radius 3 is 2.71 bits per heavy atom. The smallest absolute Gasteiger partial charge is 0.331 e. The molecular formula is C22H28F2N4O3. The van der Waals surface area contributed by atoms with Gasteiger partial charge in [-0.1, -0.05) is 32.3 Å². The fraction of sp³-hybridized carbons (Fsp3) is 0.500. The standard InChI is InChI=1S/C22H28F2N4O3/c1-3-4-5-6-12-27(20-16(23)8-7-9-17(20)24)22(31)28-14-18(29)26(2)19(21(28)30)15-10-11-25-13-15/h7-8,10-11,13,16,19,25H,3-6,9,12,14H2,1-2H3. The second-order valence-corrected chi connectivity index (χ2v) is 7.79. The molecule has 9 heteroatoms. The number of nitrogens with one attached hydrogen (secondary N) is 1. The minimum absolute atomic E-state index is 0.0679. The van der Waals surface area contributed by atoms with E-state index < -0.39 is 42.4 Å². The summed E-state index contributed by atoms with van der Waals surface area (Å²) in [5.41, 5.74) is 0.156. The van der Waals surface area contributed by atoms with Gasteiger partial charge >= 0.3 is 6.03 Å². The average molecular weight is 434 g/mol. The number of aromatic amines is 1. The summed E-state index contributed by atoms with van der Waals surface area (Å²) < 4.78 is 29.2. The number of halogens is 2. The number of likely N-dealkylation sites (N-methyl/N-ethyl adjacent to an activating group) is 1. The number of urea groups is 1. The molecule has 1 fully saturated rings. The van der Waals surface area contributed by atoms with Crippen molar-refractivity contribution in [2.75, 3.05) is 20.1 Å². The van der Waals surface area contributed by atoms with E-state index in [4.69, 9.17) is 0 Å². The molecule has 1 saturated heterocycles. The third-order valence-electron chi connectivity index (χ3n) is 5.64. The van der Waals surface area contributed by atoms with E-state index >= 15 is 0 Å². The molecular weight excluding hydrogens is 406 g/mol. The van der Waals surface area contributed by atoms with E-state index in [0.717, 1.165) is 29.1 Å². The lowest BCUT2D eigenvalue weighted by Gasteiger charge is -2.39. The molecule has 2 atom stereocenters. The van der Waals surface area contributed by atoms with Crippen LogP contribution in [0.15, 0.2) is 42.1 Å². The van der Waals surface area contributed by atoms with Crippen molar-refractivity contribution in [2.45, 2.75) is 51.2 Å². The van der Waals surface area contributed by atoms with Crippen LogP contribution in [0.5, 0.6) is 0 Å². The molecule has 1 aliphatic heterocycles. The molecule has 0 saturated carbocycles. The third-order valence-corrected chi connectivity index (χ3v) is 5.64. The molecule has 3 rings (SSSR count). The van der Waals surface area contributed by atoms with Crippen LogP contribution in [-0.4, -0.2) is 63.8 Å². The number of unbranched alkanes of at least 4 members (excludes halogenated alkanes) is 3. The Bertz CT molecular complexity index is 881. The highest BCUT2D eigenvalue weighted by atomic mass is 19.1. The summed E-state index contributed by atoms with van der Waals surface area (Å²) in [4.78, 5) is 45.1. The maximum absolute atomic E-state index is 14.6. The van der Waals surface area contributed by atoms with Crippen LogP contribution in [0.2, 0.25) is 0 Å². The highest BCUT2D eigenvalue weighted by molar-refractivity contribution is 6.05. The molecule has 2 heterocycles. The molecule has 1 aliphatic carbocycles. The highest BCUT2D eigenvalue weighted by Gasteiger charge is 2.44. The number of alkyl halides is 1. The van der Waals surface area contributed by atoms with Crippen LogP contribution in [-0.2, 0) is 9.59 Å². The minimum Gasteiger partial charge on any atom is -0.367 e. The van der Waals surface area contributed by atoms with Gasteiger partial charge in [-0.05, 0) is 18.6 Å². The predicted molar refractivity (Wildman–Crippen MR) is 111 cm³/mol. The fourth-order valence-corrected chi connectivity index (χ4v) is 3.91. The lowest BCUT2D eigenvalue weighted by atomic mass is 10.0. The Hall–Kier alpha value is -2.97. The Labute approximate surface area is 180 Å². The van der Waals surface area contributed by atoms with Crippen molar-refractivity contribution < 1.29 is 23.2 Å². The third kappa shape index (κ3) is 4.70. The number of rotatable bonds is 7. The zero-order chi connectivity index (χ0) is 22.5. The summed E-state index contributed by atoms with van der Waals surface area (Å²) in [6, 6.07) is -0.203. The average Bonchev–Trinajstić information content (AvgIpc) is 3.26. The maximum Gasteiger partial charge on any atom is 0.331 e. The summed E-state index contributed by atoms with van der Waals surface area (Å²) in [5, 5.41) is 0. The van der Waals surface area contributed by atoms with Crippen molar-refractivity contribution in [3.8, 4) is 0 Å². The number of nitrogens with zero attached hydrogens (tertiary/aromatic N) is 3. The van der Waals surface area contributed by atoms with Gasteiger partial charge in [0.15, 0.2) is 6.17 Å². The zero-order valence-corrected chi connectivity index (χ0v) is 17.8.